The van der Waals surface area contributed by atoms with Crippen LogP contribution in [0.1, 0.15) is 88.4 Å². The van der Waals surface area contributed by atoms with Gasteiger partial charge in [0, 0.05) is 11.1 Å². The number of unbranched alkanes of at least 4 members (excludes halogenated alkanes) is 8. The highest BCUT2D eigenvalue weighted by atomic mass is 16.5. The molecule has 1 aromatic heterocycles. The Morgan fingerprint density at radius 3 is 1.84 bits per heavy atom. The summed E-state index contributed by atoms with van der Waals surface area (Å²) in [6, 6.07) is 18.2. The fourth-order valence-corrected chi connectivity index (χ4v) is 4.29. The largest absolute Gasteiger partial charge is 0.494 e. The Balaban J connectivity index is 1.30. The van der Waals surface area contributed by atoms with Gasteiger partial charge in [0.05, 0.1) is 37.3 Å². The topological polar surface area (TPSA) is 84.0 Å². The molecule has 7 heteroatoms. The standard InChI is InChI=1S/C36H45NO6/c1-4-5-11-24-41-33-22-23-34(37-27-33)29-14-20-32(21-15-29)43-36(39)30-16-18-31(19-17-30)40-25-12-9-7-6-8-10-13-26-42-35(38)28(2)3/h14-23,27H,2,4-13,24-26H2,1,3H3. The van der Waals surface area contributed by atoms with Crippen molar-refractivity contribution in [3.8, 4) is 28.5 Å². The number of aromatic nitrogens is 1. The van der Waals surface area contributed by atoms with Crippen LogP contribution in [0.2, 0.25) is 0 Å². The Kier molecular flexibility index (Phi) is 14.9. The first-order chi connectivity index (χ1) is 21.0. The van der Waals surface area contributed by atoms with Crippen LogP contribution in [0, 0.1) is 0 Å². The summed E-state index contributed by atoms with van der Waals surface area (Å²) in [5, 5.41) is 0. The summed E-state index contributed by atoms with van der Waals surface area (Å²) in [6.45, 7) is 9.20. The number of benzene rings is 2. The molecule has 0 radical (unpaired) electrons. The second kappa shape index (κ2) is 19.1. The van der Waals surface area contributed by atoms with Crippen molar-refractivity contribution in [2.75, 3.05) is 19.8 Å². The zero-order valence-electron chi connectivity index (χ0n) is 25.6. The molecule has 0 N–H and O–H groups in total. The molecule has 0 aliphatic carbocycles. The number of carbonyl (C=O) groups is 2. The van der Waals surface area contributed by atoms with Crippen molar-refractivity contribution in [3.05, 3.63) is 84.6 Å². The summed E-state index contributed by atoms with van der Waals surface area (Å²) in [4.78, 5) is 28.4. The molecular weight excluding hydrogens is 542 g/mol. The van der Waals surface area contributed by atoms with Gasteiger partial charge >= 0.3 is 11.9 Å². The average Bonchev–Trinajstić information content (AvgIpc) is 3.02. The van der Waals surface area contributed by atoms with Crippen LogP contribution in [0.3, 0.4) is 0 Å². The van der Waals surface area contributed by atoms with Gasteiger partial charge in [0.2, 0.25) is 0 Å². The molecule has 3 rings (SSSR count). The van der Waals surface area contributed by atoms with E-state index in [4.69, 9.17) is 18.9 Å². The van der Waals surface area contributed by atoms with Crippen molar-refractivity contribution >= 4 is 11.9 Å². The van der Waals surface area contributed by atoms with Gasteiger partial charge in [-0.2, -0.15) is 0 Å². The molecular formula is C36H45NO6. The maximum atomic E-state index is 12.6. The van der Waals surface area contributed by atoms with Crippen LogP contribution >= 0.6 is 0 Å². The number of nitrogens with zero attached hydrogens (tertiary/aromatic N) is 1. The summed E-state index contributed by atoms with van der Waals surface area (Å²) < 4.78 is 22.2. The Morgan fingerprint density at radius 2 is 1.23 bits per heavy atom. The molecule has 0 aliphatic rings. The van der Waals surface area contributed by atoms with Gasteiger partial charge in [-0.1, -0.05) is 58.4 Å². The van der Waals surface area contributed by atoms with Gasteiger partial charge in [0.25, 0.3) is 0 Å². The molecule has 43 heavy (non-hydrogen) atoms. The molecule has 1 heterocycles. The van der Waals surface area contributed by atoms with E-state index in [1.54, 1.807) is 49.5 Å². The normalized spacial score (nSPS) is 10.7. The van der Waals surface area contributed by atoms with Crippen LogP contribution < -0.4 is 14.2 Å². The van der Waals surface area contributed by atoms with Gasteiger partial charge in [-0.25, -0.2) is 9.59 Å². The predicted octanol–water partition coefficient (Wildman–Crippen LogP) is 8.77. The second-order valence-corrected chi connectivity index (χ2v) is 10.6. The van der Waals surface area contributed by atoms with Crippen molar-refractivity contribution in [2.45, 2.75) is 78.1 Å². The minimum atomic E-state index is -0.420. The summed E-state index contributed by atoms with van der Waals surface area (Å²) in [5.41, 5.74) is 2.66. The number of hydrogen-bond donors (Lipinski definition) is 0. The molecule has 0 aliphatic heterocycles. The van der Waals surface area contributed by atoms with Crippen LogP contribution in [-0.4, -0.2) is 36.7 Å². The van der Waals surface area contributed by atoms with E-state index in [9.17, 15) is 9.59 Å². The summed E-state index contributed by atoms with van der Waals surface area (Å²) >= 11 is 0. The highest BCUT2D eigenvalue weighted by molar-refractivity contribution is 5.91. The molecule has 0 amide bonds. The lowest BCUT2D eigenvalue weighted by molar-refractivity contribution is -0.139. The van der Waals surface area contributed by atoms with Crippen molar-refractivity contribution in [1.82, 2.24) is 4.98 Å². The number of carbonyl (C=O) groups excluding carboxylic acids is 2. The smallest absolute Gasteiger partial charge is 0.343 e. The number of hydrogen-bond acceptors (Lipinski definition) is 7. The number of pyridine rings is 1. The summed E-state index contributed by atoms with van der Waals surface area (Å²) in [5.74, 6) is 1.24. The fourth-order valence-electron chi connectivity index (χ4n) is 4.29. The molecule has 0 saturated carbocycles. The number of rotatable bonds is 20. The highest BCUT2D eigenvalue weighted by Crippen LogP contribution is 2.23. The minimum Gasteiger partial charge on any atom is -0.494 e. The molecule has 230 valence electrons. The first-order valence-corrected chi connectivity index (χ1v) is 15.4. The Bertz CT molecular complexity index is 1250. The molecule has 0 atom stereocenters. The van der Waals surface area contributed by atoms with Crippen molar-refractivity contribution < 1.29 is 28.5 Å². The van der Waals surface area contributed by atoms with E-state index in [0.29, 0.717) is 36.7 Å². The number of esters is 2. The second-order valence-electron chi connectivity index (χ2n) is 10.6. The predicted molar refractivity (Wildman–Crippen MR) is 170 cm³/mol. The van der Waals surface area contributed by atoms with Crippen LogP contribution in [0.25, 0.3) is 11.3 Å². The van der Waals surface area contributed by atoms with Gasteiger partial charge < -0.3 is 18.9 Å². The third-order valence-electron chi connectivity index (χ3n) is 6.84. The Labute approximate surface area is 256 Å². The summed E-state index contributed by atoms with van der Waals surface area (Å²) in [6.07, 6.45) is 12.6. The third kappa shape index (κ3) is 12.7. The van der Waals surface area contributed by atoms with E-state index < -0.39 is 5.97 Å². The van der Waals surface area contributed by atoms with Crippen molar-refractivity contribution in [1.29, 1.82) is 0 Å². The van der Waals surface area contributed by atoms with Gasteiger partial charge in [0.15, 0.2) is 0 Å². The average molecular weight is 588 g/mol. The van der Waals surface area contributed by atoms with E-state index in [0.717, 1.165) is 87.0 Å². The molecule has 0 bridgehead atoms. The minimum absolute atomic E-state index is 0.309. The Morgan fingerprint density at radius 1 is 0.674 bits per heavy atom. The van der Waals surface area contributed by atoms with Gasteiger partial charge in [-0.15, -0.1) is 0 Å². The molecule has 3 aromatic rings. The van der Waals surface area contributed by atoms with Crippen LogP contribution in [0.15, 0.2) is 79.0 Å². The zero-order chi connectivity index (χ0) is 30.7. The van der Waals surface area contributed by atoms with Crippen molar-refractivity contribution in [2.24, 2.45) is 0 Å². The quantitative estimate of drug-likeness (QED) is 0.0565. The van der Waals surface area contributed by atoms with E-state index in [1.165, 1.54) is 0 Å². The lowest BCUT2D eigenvalue weighted by Gasteiger charge is -2.09. The maximum Gasteiger partial charge on any atom is 0.343 e. The summed E-state index contributed by atoms with van der Waals surface area (Å²) in [7, 11) is 0. The molecule has 0 unspecified atom stereocenters. The van der Waals surface area contributed by atoms with Gasteiger partial charge in [0.1, 0.15) is 17.2 Å². The molecule has 0 fully saturated rings. The third-order valence-corrected chi connectivity index (χ3v) is 6.84. The van der Waals surface area contributed by atoms with Gasteiger partial charge in [-0.05, 0) is 86.8 Å². The van der Waals surface area contributed by atoms with E-state index >= 15 is 0 Å². The van der Waals surface area contributed by atoms with E-state index in [2.05, 4.69) is 18.5 Å². The zero-order valence-corrected chi connectivity index (χ0v) is 25.6. The highest BCUT2D eigenvalue weighted by Gasteiger charge is 2.10. The SMILES string of the molecule is C=C(C)C(=O)OCCCCCCCCCOc1ccc(C(=O)Oc2ccc(-c3ccc(OCCCCC)cn3)cc2)cc1. The fraction of sp³-hybridized carbons (Fsp3) is 0.417. The molecule has 2 aromatic carbocycles. The van der Waals surface area contributed by atoms with Crippen LogP contribution in [0.4, 0.5) is 0 Å². The van der Waals surface area contributed by atoms with E-state index in [-0.39, 0.29) is 5.97 Å². The van der Waals surface area contributed by atoms with Crippen LogP contribution in [-0.2, 0) is 9.53 Å². The maximum absolute atomic E-state index is 12.6. The first kappa shape index (κ1) is 33.4. The monoisotopic (exact) mass is 587 g/mol. The lowest BCUT2D eigenvalue weighted by atomic mass is 10.1. The molecule has 7 nitrogen and oxygen atoms in total. The lowest BCUT2D eigenvalue weighted by Crippen LogP contribution is -2.08. The Hall–Kier alpha value is -4.13. The van der Waals surface area contributed by atoms with Gasteiger partial charge in [-0.3, -0.25) is 4.98 Å². The molecule has 0 saturated heterocycles. The number of ether oxygens (including phenoxy) is 4. The van der Waals surface area contributed by atoms with Crippen molar-refractivity contribution in [3.63, 3.8) is 0 Å². The molecule has 0 spiro atoms. The van der Waals surface area contributed by atoms with Crippen LogP contribution in [0.5, 0.6) is 17.2 Å². The first-order valence-electron chi connectivity index (χ1n) is 15.4. The van der Waals surface area contributed by atoms with E-state index in [1.807, 2.05) is 24.3 Å².